The Morgan fingerprint density at radius 3 is 2.50 bits per heavy atom. The van der Waals surface area contributed by atoms with Gasteiger partial charge in [0.25, 0.3) is 5.91 Å². The van der Waals surface area contributed by atoms with Crippen LogP contribution >= 0.6 is 0 Å². The van der Waals surface area contributed by atoms with E-state index in [-0.39, 0.29) is 18.1 Å². The molecular formula is C9H13NO2. The average Bonchev–Trinajstić information content (AvgIpc) is 2.09. The van der Waals surface area contributed by atoms with Gasteiger partial charge in [0, 0.05) is 6.04 Å². The van der Waals surface area contributed by atoms with Crippen molar-refractivity contribution in [3.63, 3.8) is 0 Å². The third-order valence-electron chi connectivity index (χ3n) is 2.16. The van der Waals surface area contributed by atoms with E-state index in [0.717, 1.165) is 25.7 Å². The number of rotatable bonds is 1. The lowest BCUT2D eigenvalue weighted by Crippen LogP contribution is -2.37. The van der Waals surface area contributed by atoms with Crippen molar-refractivity contribution >= 4 is 5.91 Å². The van der Waals surface area contributed by atoms with Gasteiger partial charge in [0.05, 0.1) is 6.10 Å². The maximum absolute atomic E-state index is 10.8. The summed E-state index contributed by atoms with van der Waals surface area (Å²) in [5, 5.41) is 11.9. The highest BCUT2D eigenvalue weighted by Crippen LogP contribution is 2.17. The SMILES string of the molecule is C#CC(=O)NC1CCC(O)CC1. The van der Waals surface area contributed by atoms with Crippen molar-refractivity contribution < 1.29 is 9.90 Å². The van der Waals surface area contributed by atoms with Crippen molar-refractivity contribution in [1.29, 1.82) is 0 Å². The number of hydrogen-bond donors (Lipinski definition) is 2. The fraction of sp³-hybridized carbons (Fsp3) is 0.667. The first-order valence-electron chi connectivity index (χ1n) is 4.17. The number of carbonyl (C=O) groups is 1. The molecule has 1 aliphatic rings. The Hall–Kier alpha value is -1.01. The monoisotopic (exact) mass is 167 g/mol. The number of amides is 1. The van der Waals surface area contributed by atoms with Crippen LogP contribution in [0.25, 0.3) is 0 Å². The summed E-state index contributed by atoms with van der Waals surface area (Å²) >= 11 is 0. The molecule has 0 atom stereocenters. The second-order valence-electron chi connectivity index (χ2n) is 3.12. The molecule has 1 amide bonds. The van der Waals surface area contributed by atoms with Crippen LogP contribution in [0.3, 0.4) is 0 Å². The fourth-order valence-electron chi connectivity index (χ4n) is 1.45. The molecule has 0 bridgehead atoms. The summed E-state index contributed by atoms with van der Waals surface area (Å²) in [5.74, 6) is 1.66. The lowest BCUT2D eigenvalue weighted by Gasteiger charge is -2.25. The van der Waals surface area contributed by atoms with Gasteiger partial charge in [-0.2, -0.15) is 0 Å². The molecule has 0 unspecified atom stereocenters. The lowest BCUT2D eigenvalue weighted by atomic mass is 9.93. The van der Waals surface area contributed by atoms with E-state index < -0.39 is 0 Å². The van der Waals surface area contributed by atoms with E-state index in [2.05, 4.69) is 5.32 Å². The maximum atomic E-state index is 10.8. The van der Waals surface area contributed by atoms with Gasteiger partial charge in [-0.3, -0.25) is 4.79 Å². The molecule has 0 aromatic heterocycles. The zero-order valence-electron chi connectivity index (χ0n) is 6.92. The molecular weight excluding hydrogens is 154 g/mol. The molecule has 0 spiro atoms. The molecule has 0 aliphatic heterocycles. The van der Waals surface area contributed by atoms with Gasteiger partial charge in [-0.05, 0) is 31.6 Å². The van der Waals surface area contributed by atoms with Crippen LogP contribution in [0.15, 0.2) is 0 Å². The zero-order valence-corrected chi connectivity index (χ0v) is 6.92. The topological polar surface area (TPSA) is 49.3 Å². The Morgan fingerprint density at radius 2 is 2.00 bits per heavy atom. The Bertz CT molecular complexity index is 199. The Kier molecular flexibility index (Phi) is 3.12. The number of nitrogens with one attached hydrogen (secondary N) is 1. The highest BCUT2D eigenvalue weighted by atomic mass is 16.3. The predicted octanol–water partition coefficient (Wildman–Crippen LogP) is 0.0393. The minimum absolute atomic E-state index is 0.164. The van der Waals surface area contributed by atoms with Gasteiger partial charge in [-0.1, -0.05) is 0 Å². The molecule has 1 rings (SSSR count). The van der Waals surface area contributed by atoms with Gasteiger partial charge in [-0.25, -0.2) is 0 Å². The van der Waals surface area contributed by atoms with Crippen molar-refractivity contribution in [2.45, 2.75) is 37.8 Å². The minimum Gasteiger partial charge on any atom is -0.393 e. The molecule has 3 heteroatoms. The zero-order chi connectivity index (χ0) is 8.97. The number of aliphatic hydroxyl groups excluding tert-OH is 1. The molecule has 66 valence electrons. The van der Waals surface area contributed by atoms with Crippen LogP contribution in [-0.2, 0) is 4.79 Å². The van der Waals surface area contributed by atoms with Gasteiger partial charge in [0.2, 0.25) is 0 Å². The first-order chi connectivity index (χ1) is 5.72. The van der Waals surface area contributed by atoms with E-state index >= 15 is 0 Å². The molecule has 2 N–H and O–H groups in total. The average molecular weight is 167 g/mol. The summed E-state index contributed by atoms with van der Waals surface area (Å²) in [7, 11) is 0. The van der Waals surface area contributed by atoms with Crippen molar-refractivity contribution in [3.8, 4) is 12.3 Å². The Morgan fingerprint density at radius 1 is 1.42 bits per heavy atom. The van der Waals surface area contributed by atoms with Crippen LogP contribution < -0.4 is 5.32 Å². The van der Waals surface area contributed by atoms with E-state index in [9.17, 15) is 4.79 Å². The van der Waals surface area contributed by atoms with Crippen LogP contribution in [0.1, 0.15) is 25.7 Å². The summed E-state index contributed by atoms with van der Waals surface area (Å²) in [6, 6.07) is 0.164. The highest BCUT2D eigenvalue weighted by molar-refractivity contribution is 5.92. The molecule has 0 heterocycles. The summed E-state index contributed by atoms with van der Waals surface area (Å²) in [6.45, 7) is 0. The minimum atomic E-state index is -0.351. The largest absolute Gasteiger partial charge is 0.393 e. The van der Waals surface area contributed by atoms with Crippen molar-refractivity contribution in [3.05, 3.63) is 0 Å². The summed E-state index contributed by atoms with van der Waals surface area (Å²) in [4.78, 5) is 10.8. The second-order valence-corrected chi connectivity index (χ2v) is 3.12. The first-order valence-corrected chi connectivity index (χ1v) is 4.17. The van der Waals surface area contributed by atoms with Crippen LogP contribution in [0.2, 0.25) is 0 Å². The molecule has 1 aliphatic carbocycles. The maximum Gasteiger partial charge on any atom is 0.295 e. The number of terminal acetylenes is 1. The molecule has 0 aromatic carbocycles. The van der Waals surface area contributed by atoms with Crippen molar-refractivity contribution in [1.82, 2.24) is 5.32 Å². The standard InChI is InChI=1S/C9H13NO2/c1-2-9(12)10-7-3-5-8(11)6-4-7/h1,7-8,11H,3-6H2,(H,10,12). The second kappa shape index (κ2) is 4.13. The van der Waals surface area contributed by atoms with Crippen LogP contribution in [0.4, 0.5) is 0 Å². The van der Waals surface area contributed by atoms with Gasteiger partial charge >= 0.3 is 0 Å². The first kappa shape index (κ1) is 9.08. The van der Waals surface area contributed by atoms with Crippen LogP contribution in [0, 0.1) is 12.3 Å². The number of carbonyl (C=O) groups excluding carboxylic acids is 1. The van der Waals surface area contributed by atoms with Gasteiger partial charge in [0.1, 0.15) is 0 Å². The Labute approximate surface area is 72.2 Å². The van der Waals surface area contributed by atoms with Crippen LogP contribution in [0.5, 0.6) is 0 Å². The molecule has 0 radical (unpaired) electrons. The van der Waals surface area contributed by atoms with Gasteiger partial charge in [-0.15, -0.1) is 6.42 Å². The molecule has 0 saturated heterocycles. The highest BCUT2D eigenvalue weighted by Gasteiger charge is 2.19. The van der Waals surface area contributed by atoms with Crippen molar-refractivity contribution in [2.75, 3.05) is 0 Å². The van der Waals surface area contributed by atoms with E-state index in [1.807, 2.05) is 5.92 Å². The quantitative estimate of drug-likeness (QED) is 0.542. The predicted molar refractivity (Wildman–Crippen MR) is 45.2 cm³/mol. The van der Waals surface area contributed by atoms with E-state index in [4.69, 9.17) is 11.5 Å². The normalized spacial score (nSPS) is 29.0. The smallest absolute Gasteiger partial charge is 0.295 e. The van der Waals surface area contributed by atoms with Gasteiger partial charge < -0.3 is 10.4 Å². The van der Waals surface area contributed by atoms with E-state index in [0.29, 0.717) is 0 Å². The molecule has 1 saturated carbocycles. The van der Waals surface area contributed by atoms with Crippen molar-refractivity contribution in [2.24, 2.45) is 0 Å². The summed E-state index contributed by atoms with van der Waals surface area (Å²) < 4.78 is 0. The van der Waals surface area contributed by atoms with E-state index in [1.165, 1.54) is 0 Å². The summed E-state index contributed by atoms with van der Waals surface area (Å²) in [5.41, 5.74) is 0. The molecule has 12 heavy (non-hydrogen) atoms. The third kappa shape index (κ3) is 2.55. The number of aliphatic hydroxyl groups is 1. The van der Waals surface area contributed by atoms with Crippen LogP contribution in [-0.4, -0.2) is 23.2 Å². The third-order valence-corrected chi connectivity index (χ3v) is 2.16. The molecule has 1 fully saturated rings. The lowest BCUT2D eigenvalue weighted by molar-refractivity contribution is -0.116. The molecule has 0 aromatic rings. The summed E-state index contributed by atoms with van der Waals surface area (Å²) in [6.07, 6.45) is 7.89. The van der Waals surface area contributed by atoms with Gasteiger partial charge in [0.15, 0.2) is 0 Å². The molecule has 3 nitrogen and oxygen atoms in total. The fourth-order valence-corrected chi connectivity index (χ4v) is 1.45. The Balaban J connectivity index is 2.27. The number of hydrogen-bond acceptors (Lipinski definition) is 2. The van der Waals surface area contributed by atoms with E-state index in [1.54, 1.807) is 0 Å².